The Bertz CT molecular complexity index is 274. The minimum absolute atomic E-state index is 0.301. The molecule has 0 unspecified atom stereocenters. The summed E-state index contributed by atoms with van der Waals surface area (Å²) in [5.74, 6) is 1.86. The molecule has 1 aromatic rings. The van der Waals surface area contributed by atoms with Crippen molar-refractivity contribution in [1.29, 1.82) is 0 Å². The summed E-state index contributed by atoms with van der Waals surface area (Å²) in [5, 5.41) is 6.36. The van der Waals surface area contributed by atoms with E-state index in [0.717, 1.165) is 37.6 Å². The minimum atomic E-state index is 0.301. The number of hydrogen-bond donors (Lipinski definition) is 3. The van der Waals surface area contributed by atoms with Crippen molar-refractivity contribution in [1.82, 2.24) is 9.97 Å². The fourth-order valence-electron chi connectivity index (χ4n) is 1.15. The van der Waals surface area contributed by atoms with Crippen LogP contribution in [0.4, 0.5) is 17.6 Å². The van der Waals surface area contributed by atoms with Gasteiger partial charge in [0.2, 0.25) is 5.95 Å². The molecule has 0 aromatic carbocycles. The summed E-state index contributed by atoms with van der Waals surface area (Å²) in [6, 6.07) is 1.88. The first-order valence-electron chi connectivity index (χ1n) is 5.38. The van der Waals surface area contributed by atoms with Crippen molar-refractivity contribution < 1.29 is 0 Å². The predicted molar refractivity (Wildman–Crippen MR) is 64.0 cm³/mol. The third kappa shape index (κ3) is 4.01. The topological polar surface area (TPSA) is 75.9 Å². The zero-order valence-corrected chi connectivity index (χ0v) is 9.38. The van der Waals surface area contributed by atoms with Gasteiger partial charge in [0.1, 0.15) is 11.6 Å². The summed E-state index contributed by atoms with van der Waals surface area (Å²) in [6.07, 6.45) is 2.11. The van der Waals surface area contributed by atoms with E-state index < -0.39 is 0 Å². The van der Waals surface area contributed by atoms with Crippen LogP contribution in [0.5, 0.6) is 0 Å². The maximum atomic E-state index is 5.60. The maximum absolute atomic E-state index is 5.60. The number of hydrogen-bond acceptors (Lipinski definition) is 5. The van der Waals surface area contributed by atoms with Crippen LogP contribution < -0.4 is 16.4 Å². The quantitative estimate of drug-likeness (QED) is 0.665. The van der Waals surface area contributed by atoms with Crippen LogP contribution in [0.25, 0.3) is 0 Å². The summed E-state index contributed by atoms with van der Waals surface area (Å²) >= 11 is 0. The lowest BCUT2D eigenvalue weighted by atomic mass is 10.4. The van der Waals surface area contributed by atoms with Gasteiger partial charge in [-0.3, -0.25) is 0 Å². The third-order valence-electron chi connectivity index (χ3n) is 1.86. The minimum Gasteiger partial charge on any atom is -0.370 e. The van der Waals surface area contributed by atoms with Gasteiger partial charge in [-0.15, -0.1) is 0 Å². The van der Waals surface area contributed by atoms with Gasteiger partial charge in [-0.2, -0.15) is 9.97 Å². The molecule has 0 atom stereocenters. The lowest BCUT2D eigenvalue weighted by Gasteiger charge is -2.08. The van der Waals surface area contributed by atoms with E-state index >= 15 is 0 Å². The molecule has 84 valence electrons. The molecule has 0 saturated heterocycles. The van der Waals surface area contributed by atoms with Crippen LogP contribution in [0.15, 0.2) is 6.07 Å². The smallest absolute Gasteiger partial charge is 0.223 e. The highest BCUT2D eigenvalue weighted by Crippen LogP contribution is 2.12. The van der Waals surface area contributed by atoms with Crippen molar-refractivity contribution in [3.8, 4) is 0 Å². The lowest BCUT2D eigenvalue weighted by molar-refractivity contribution is 0.954. The molecule has 0 aliphatic carbocycles. The van der Waals surface area contributed by atoms with Crippen LogP contribution in [0.2, 0.25) is 0 Å². The first-order valence-corrected chi connectivity index (χ1v) is 5.38. The highest BCUT2D eigenvalue weighted by molar-refractivity contribution is 5.50. The average molecular weight is 209 g/mol. The molecule has 15 heavy (non-hydrogen) atoms. The van der Waals surface area contributed by atoms with Crippen molar-refractivity contribution in [2.75, 3.05) is 29.5 Å². The van der Waals surface area contributed by atoms with Gasteiger partial charge in [-0.25, -0.2) is 0 Å². The predicted octanol–water partition coefficient (Wildman–Crippen LogP) is 1.70. The standard InChI is InChI=1S/C10H19N5/c1-3-5-12-8-7-9(13-6-4-2)15-10(11)14-8/h7H,3-6H2,1-2H3,(H4,11,12,13,14,15). The van der Waals surface area contributed by atoms with E-state index in [1.807, 2.05) is 6.07 Å². The molecule has 4 N–H and O–H groups in total. The Morgan fingerprint density at radius 3 is 1.93 bits per heavy atom. The van der Waals surface area contributed by atoms with E-state index in [2.05, 4.69) is 34.4 Å². The summed E-state index contributed by atoms with van der Waals surface area (Å²) in [7, 11) is 0. The molecule has 1 aromatic heterocycles. The van der Waals surface area contributed by atoms with Gasteiger partial charge in [0, 0.05) is 19.2 Å². The van der Waals surface area contributed by atoms with E-state index in [1.54, 1.807) is 0 Å². The van der Waals surface area contributed by atoms with Crippen molar-refractivity contribution in [2.45, 2.75) is 26.7 Å². The molecule has 0 saturated carbocycles. The number of anilines is 3. The molecule has 0 aliphatic rings. The third-order valence-corrected chi connectivity index (χ3v) is 1.86. The number of nitrogens with two attached hydrogens (primary N) is 1. The molecular weight excluding hydrogens is 190 g/mol. The van der Waals surface area contributed by atoms with E-state index in [1.165, 1.54) is 0 Å². The van der Waals surface area contributed by atoms with Crippen LogP contribution in [0.1, 0.15) is 26.7 Å². The summed E-state index contributed by atoms with van der Waals surface area (Å²) in [6.45, 7) is 5.99. The number of nitrogen functional groups attached to an aromatic ring is 1. The second-order valence-electron chi connectivity index (χ2n) is 3.35. The van der Waals surface area contributed by atoms with Gasteiger partial charge in [0.15, 0.2) is 0 Å². The summed E-state index contributed by atoms with van der Waals surface area (Å²) < 4.78 is 0. The van der Waals surface area contributed by atoms with Gasteiger partial charge in [-0.1, -0.05) is 13.8 Å². The Balaban J connectivity index is 2.66. The number of rotatable bonds is 6. The first kappa shape index (κ1) is 11.6. The van der Waals surface area contributed by atoms with E-state index in [-0.39, 0.29) is 0 Å². The van der Waals surface area contributed by atoms with E-state index in [4.69, 9.17) is 5.73 Å². The normalized spacial score (nSPS) is 10.0. The van der Waals surface area contributed by atoms with Crippen molar-refractivity contribution >= 4 is 17.6 Å². The Hall–Kier alpha value is -1.52. The van der Waals surface area contributed by atoms with Crippen LogP contribution in [0, 0.1) is 0 Å². The number of aromatic nitrogens is 2. The fraction of sp³-hybridized carbons (Fsp3) is 0.600. The first-order chi connectivity index (χ1) is 7.26. The van der Waals surface area contributed by atoms with Crippen molar-refractivity contribution in [2.24, 2.45) is 0 Å². The Morgan fingerprint density at radius 2 is 1.53 bits per heavy atom. The van der Waals surface area contributed by atoms with E-state index in [0.29, 0.717) is 5.95 Å². The molecule has 0 aliphatic heterocycles. The zero-order chi connectivity index (χ0) is 11.1. The highest BCUT2D eigenvalue weighted by atomic mass is 15.1. The Morgan fingerprint density at radius 1 is 1.07 bits per heavy atom. The summed E-state index contributed by atoms with van der Waals surface area (Å²) in [5.41, 5.74) is 5.60. The maximum Gasteiger partial charge on any atom is 0.223 e. The molecule has 0 spiro atoms. The second-order valence-corrected chi connectivity index (χ2v) is 3.35. The van der Waals surface area contributed by atoms with Crippen LogP contribution >= 0.6 is 0 Å². The molecule has 0 bridgehead atoms. The SMILES string of the molecule is CCCNc1cc(NCCC)nc(N)n1. The number of nitrogens with zero attached hydrogens (tertiary/aromatic N) is 2. The van der Waals surface area contributed by atoms with Crippen LogP contribution in [-0.2, 0) is 0 Å². The largest absolute Gasteiger partial charge is 0.370 e. The molecule has 5 heteroatoms. The summed E-state index contributed by atoms with van der Waals surface area (Å²) in [4.78, 5) is 8.19. The molecular formula is C10H19N5. The fourth-order valence-corrected chi connectivity index (χ4v) is 1.15. The lowest BCUT2D eigenvalue weighted by Crippen LogP contribution is -2.08. The Kier molecular flexibility index (Phi) is 4.66. The second kappa shape index (κ2) is 6.06. The van der Waals surface area contributed by atoms with Gasteiger partial charge in [0.25, 0.3) is 0 Å². The van der Waals surface area contributed by atoms with Crippen LogP contribution in [0.3, 0.4) is 0 Å². The molecule has 0 amide bonds. The zero-order valence-electron chi connectivity index (χ0n) is 9.38. The van der Waals surface area contributed by atoms with Gasteiger partial charge in [-0.05, 0) is 12.8 Å². The van der Waals surface area contributed by atoms with E-state index in [9.17, 15) is 0 Å². The van der Waals surface area contributed by atoms with Gasteiger partial charge in [0.05, 0.1) is 0 Å². The Labute approximate surface area is 90.5 Å². The van der Waals surface area contributed by atoms with Gasteiger partial charge >= 0.3 is 0 Å². The number of nitrogens with one attached hydrogen (secondary N) is 2. The van der Waals surface area contributed by atoms with Gasteiger partial charge < -0.3 is 16.4 Å². The molecule has 0 radical (unpaired) electrons. The molecule has 5 nitrogen and oxygen atoms in total. The molecule has 1 heterocycles. The molecule has 0 fully saturated rings. The average Bonchev–Trinajstić information content (AvgIpc) is 2.23. The van der Waals surface area contributed by atoms with Crippen molar-refractivity contribution in [3.63, 3.8) is 0 Å². The highest BCUT2D eigenvalue weighted by Gasteiger charge is 2.00. The van der Waals surface area contributed by atoms with Crippen LogP contribution in [-0.4, -0.2) is 23.1 Å². The van der Waals surface area contributed by atoms with Crippen molar-refractivity contribution in [3.05, 3.63) is 6.07 Å². The molecule has 1 rings (SSSR count). The monoisotopic (exact) mass is 209 g/mol.